The van der Waals surface area contributed by atoms with Crippen LogP contribution in [0.3, 0.4) is 0 Å². The first-order valence-corrected chi connectivity index (χ1v) is 7.17. The second-order valence-corrected chi connectivity index (χ2v) is 4.86. The van der Waals surface area contributed by atoms with E-state index in [1.54, 1.807) is 38.1 Å². The zero-order valence-corrected chi connectivity index (χ0v) is 13.1. The van der Waals surface area contributed by atoms with Gasteiger partial charge in [-0.15, -0.1) is 0 Å². The van der Waals surface area contributed by atoms with Gasteiger partial charge in [-0.1, -0.05) is 24.8 Å². The van der Waals surface area contributed by atoms with Gasteiger partial charge < -0.3 is 9.47 Å². The van der Waals surface area contributed by atoms with Crippen LogP contribution in [0.4, 0.5) is 0 Å². The molecule has 1 aromatic heterocycles. The molecule has 0 fully saturated rings. The molecule has 1 aromatic carbocycles. The number of carbonyl (C=O) groups excluding carboxylic acids is 1. The van der Waals surface area contributed by atoms with Gasteiger partial charge in [0.1, 0.15) is 12.3 Å². The van der Waals surface area contributed by atoms with E-state index in [4.69, 9.17) is 9.47 Å². The van der Waals surface area contributed by atoms with E-state index in [9.17, 15) is 9.59 Å². The summed E-state index contributed by atoms with van der Waals surface area (Å²) in [5.74, 6) is 0.0614. The molecule has 0 aliphatic heterocycles. The Balaban J connectivity index is 2.41. The zero-order chi connectivity index (χ0) is 16.8. The van der Waals surface area contributed by atoms with Crippen molar-refractivity contribution in [2.24, 2.45) is 0 Å². The molecule has 0 radical (unpaired) electrons. The van der Waals surface area contributed by atoms with Crippen LogP contribution >= 0.6 is 0 Å². The summed E-state index contributed by atoms with van der Waals surface area (Å²) in [6.07, 6.45) is 0. The maximum Gasteiger partial charge on any atom is 0.327 e. The van der Waals surface area contributed by atoms with Gasteiger partial charge in [-0.2, -0.15) is 5.10 Å². The van der Waals surface area contributed by atoms with Crippen molar-refractivity contribution in [3.63, 3.8) is 0 Å². The van der Waals surface area contributed by atoms with Crippen LogP contribution in [0.1, 0.15) is 19.5 Å². The van der Waals surface area contributed by atoms with Gasteiger partial charge in [0.2, 0.25) is 0 Å². The lowest BCUT2D eigenvalue weighted by molar-refractivity contribution is -0.144. The van der Waals surface area contributed by atoms with E-state index in [-0.39, 0.29) is 18.9 Å². The second kappa shape index (κ2) is 7.40. The van der Waals surface area contributed by atoms with Gasteiger partial charge in [-0.25, -0.2) is 4.68 Å². The molecule has 0 bridgehead atoms. The van der Waals surface area contributed by atoms with Crippen molar-refractivity contribution < 1.29 is 14.3 Å². The fourth-order valence-corrected chi connectivity index (χ4v) is 1.85. The normalized spacial score (nSPS) is 10.2. The van der Waals surface area contributed by atoms with E-state index in [1.165, 1.54) is 6.07 Å². The third-order valence-electron chi connectivity index (χ3n) is 2.93. The molecule has 23 heavy (non-hydrogen) atoms. The van der Waals surface area contributed by atoms with Crippen molar-refractivity contribution >= 4 is 11.5 Å². The standard InChI is InChI=1S/C17H18N2O4/c1-4-22-16(20)11-19-17(21)15(10-14(18-19)12(2)3)23-13-8-6-5-7-9-13/h5-10H,2,4,11H2,1,3H3. The minimum atomic E-state index is -0.536. The maximum absolute atomic E-state index is 12.4. The van der Waals surface area contributed by atoms with Crippen LogP contribution in [0, 0.1) is 0 Å². The average molecular weight is 314 g/mol. The number of ether oxygens (including phenoxy) is 2. The topological polar surface area (TPSA) is 70.4 Å². The lowest BCUT2D eigenvalue weighted by Crippen LogP contribution is -2.29. The minimum Gasteiger partial charge on any atom is -0.465 e. The van der Waals surface area contributed by atoms with Crippen LogP contribution in [0.15, 0.2) is 47.8 Å². The third-order valence-corrected chi connectivity index (χ3v) is 2.93. The summed E-state index contributed by atoms with van der Waals surface area (Å²) in [5.41, 5.74) is 0.618. The first-order chi connectivity index (χ1) is 11.0. The first kappa shape index (κ1) is 16.5. The molecule has 6 heteroatoms. The summed E-state index contributed by atoms with van der Waals surface area (Å²) in [7, 11) is 0. The van der Waals surface area contributed by atoms with E-state index < -0.39 is 11.5 Å². The Morgan fingerprint density at radius 2 is 2.00 bits per heavy atom. The Labute approximate surface area is 134 Å². The maximum atomic E-state index is 12.4. The Bertz CT molecular complexity index is 766. The molecule has 1 heterocycles. The van der Waals surface area contributed by atoms with Crippen LogP contribution in [0.5, 0.6) is 11.5 Å². The molecular weight excluding hydrogens is 296 g/mol. The first-order valence-electron chi connectivity index (χ1n) is 7.17. The second-order valence-electron chi connectivity index (χ2n) is 4.86. The fourth-order valence-electron chi connectivity index (χ4n) is 1.85. The minimum absolute atomic E-state index is 0.0773. The molecule has 2 aromatic rings. The van der Waals surface area contributed by atoms with Gasteiger partial charge >= 0.3 is 11.5 Å². The zero-order valence-electron chi connectivity index (χ0n) is 13.1. The summed E-state index contributed by atoms with van der Waals surface area (Å²) in [5, 5.41) is 4.12. The lowest BCUT2D eigenvalue weighted by atomic mass is 10.2. The summed E-state index contributed by atoms with van der Waals surface area (Å²) < 4.78 is 11.5. The summed E-state index contributed by atoms with van der Waals surface area (Å²) in [6.45, 7) is 7.22. The molecular formula is C17H18N2O4. The highest BCUT2D eigenvalue weighted by Crippen LogP contribution is 2.19. The largest absolute Gasteiger partial charge is 0.465 e. The molecule has 0 spiro atoms. The van der Waals surface area contributed by atoms with Crippen molar-refractivity contribution in [1.82, 2.24) is 9.78 Å². The predicted molar refractivity (Wildman–Crippen MR) is 86.4 cm³/mol. The van der Waals surface area contributed by atoms with E-state index in [0.29, 0.717) is 17.0 Å². The van der Waals surface area contributed by atoms with Crippen molar-refractivity contribution in [3.8, 4) is 11.5 Å². The Hall–Kier alpha value is -2.89. The number of esters is 1. The summed E-state index contributed by atoms with van der Waals surface area (Å²) >= 11 is 0. The van der Waals surface area contributed by atoms with Gasteiger partial charge in [0, 0.05) is 6.07 Å². The van der Waals surface area contributed by atoms with Crippen molar-refractivity contribution in [2.45, 2.75) is 20.4 Å². The van der Waals surface area contributed by atoms with Crippen LogP contribution in [0.2, 0.25) is 0 Å². The van der Waals surface area contributed by atoms with Crippen molar-refractivity contribution in [2.75, 3.05) is 6.61 Å². The van der Waals surface area contributed by atoms with Gasteiger partial charge in [0.05, 0.1) is 12.3 Å². The van der Waals surface area contributed by atoms with Crippen LogP contribution in [-0.2, 0) is 16.1 Å². The van der Waals surface area contributed by atoms with Gasteiger partial charge in [0.15, 0.2) is 5.75 Å². The third kappa shape index (κ3) is 4.29. The molecule has 0 saturated carbocycles. The molecule has 2 rings (SSSR count). The number of carbonyl (C=O) groups is 1. The van der Waals surface area contributed by atoms with Crippen LogP contribution in [0.25, 0.3) is 5.57 Å². The highest BCUT2D eigenvalue weighted by atomic mass is 16.5. The number of nitrogens with zero attached hydrogens (tertiary/aromatic N) is 2. The molecule has 120 valence electrons. The Kier molecular flexibility index (Phi) is 5.30. The monoisotopic (exact) mass is 314 g/mol. The smallest absolute Gasteiger partial charge is 0.327 e. The lowest BCUT2D eigenvalue weighted by Gasteiger charge is -2.11. The van der Waals surface area contributed by atoms with Crippen molar-refractivity contribution in [1.29, 1.82) is 0 Å². The molecule has 0 saturated heterocycles. The van der Waals surface area contributed by atoms with E-state index in [0.717, 1.165) is 4.68 Å². The number of benzene rings is 1. The number of aromatic nitrogens is 2. The quantitative estimate of drug-likeness (QED) is 0.767. The molecule has 0 N–H and O–H groups in total. The number of allylic oxidation sites excluding steroid dienone is 1. The van der Waals surface area contributed by atoms with E-state index >= 15 is 0 Å². The number of hydrogen-bond acceptors (Lipinski definition) is 5. The highest BCUT2D eigenvalue weighted by Gasteiger charge is 2.14. The SMILES string of the molecule is C=C(C)c1cc(Oc2ccccc2)c(=O)n(CC(=O)OCC)n1. The van der Waals surface area contributed by atoms with E-state index in [2.05, 4.69) is 11.7 Å². The van der Waals surface area contributed by atoms with E-state index in [1.807, 2.05) is 6.07 Å². The number of para-hydroxylation sites is 1. The average Bonchev–Trinajstić information content (AvgIpc) is 2.52. The Morgan fingerprint density at radius 3 is 2.61 bits per heavy atom. The van der Waals surface area contributed by atoms with Gasteiger partial charge in [-0.05, 0) is 31.6 Å². The molecule has 6 nitrogen and oxygen atoms in total. The fraction of sp³-hybridized carbons (Fsp3) is 0.235. The predicted octanol–water partition coefficient (Wildman–Crippen LogP) is 2.63. The molecule has 0 aliphatic carbocycles. The van der Waals surface area contributed by atoms with Gasteiger partial charge in [-0.3, -0.25) is 9.59 Å². The van der Waals surface area contributed by atoms with Crippen LogP contribution < -0.4 is 10.3 Å². The van der Waals surface area contributed by atoms with Gasteiger partial charge in [0.25, 0.3) is 0 Å². The molecule has 0 atom stereocenters. The molecule has 0 aliphatic rings. The highest BCUT2D eigenvalue weighted by molar-refractivity contribution is 5.69. The van der Waals surface area contributed by atoms with Crippen LogP contribution in [-0.4, -0.2) is 22.4 Å². The number of rotatable bonds is 6. The summed E-state index contributed by atoms with van der Waals surface area (Å²) in [6, 6.07) is 10.4. The number of hydrogen-bond donors (Lipinski definition) is 0. The summed E-state index contributed by atoms with van der Waals surface area (Å²) in [4.78, 5) is 24.1. The molecule has 0 amide bonds. The molecule has 0 unspecified atom stereocenters. The van der Waals surface area contributed by atoms with Crippen molar-refractivity contribution in [3.05, 3.63) is 59.0 Å². The Morgan fingerprint density at radius 1 is 1.30 bits per heavy atom.